The first-order chi connectivity index (χ1) is 12.7. The first-order valence-corrected chi connectivity index (χ1v) is 8.99. The molecule has 1 aliphatic heterocycles. The molecule has 2 N–H and O–H groups in total. The third-order valence-corrected chi connectivity index (χ3v) is 5.01. The standard InChI is InChI=1S/C19H23N5O2/c1-24-8-7-21-19(24)17-13(4-3-9-26-17)11-22-16(25)10-14-12-23-18-15(14)5-2-6-20-18/h2,5-8,12-13,17H,3-4,9-11H2,1H3,(H,20,23)(H,22,25)/t13-,17+/m0/s1. The van der Waals surface area contributed by atoms with E-state index in [1.165, 1.54) is 0 Å². The molecule has 7 heteroatoms. The van der Waals surface area contributed by atoms with Crippen LogP contribution in [0.25, 0.3) is 11.0 Å². The molecule has 4 heterocycles. The highest BCUT2D eigenvalue weighted by molar-refractivity contribution is 5.87. The molecule has 1 amide bonds. The number of nitrogens with one attached hydrogen (secondary N) is 2. The molecule has 0 bridgehead atoms. The number of hydrogen-bond donors (Lipinski definition) is 2. The molecule has 0 aliphatic carbocycles. The topological polar surface area (TPSA) is 84.8 Å². The summed E-state index contributed by atoms with van der Waals surface area (Å²) in [7, 11) is 1.97. The van der Waals surface area contributed by atoms with Crippen LogP contribution in [0.3, 0.4) is 0 Å². The Bertz CT molecular complexity index is 900. The summed E-state index contributed by atoms with van der Waals surface area (Å²) in [5.41, 5.74) is 1.77. The molecule has 1 aliphatic rings. The van der Waals surface area contributed by atoms with Crippen LogP contribution in [-0.4, -0.2) is 38.6 Å². The van der Waals surface area contributed by atoms with E-state index in [1.54, 1.807) is 12.4 Å². The molecule has 2 atom stereocenters. The van der Waals surface area contributed by atoms with Gasteiger partial charge in [0.05, 0.1) is 6.42 Å². The average molecular weight is 353 g/mol. The van der Waals surface area contributed by atoms with Gasteiger partial charge < -0.3 is 19.6 Å². The number of pyridine rings is 1. The number of nitrogens with zero attached hydrogens (tertiary/aromatic N) is 3. The van der Waals surface area contributed by atoms with E-state index in [0.29, 0.717) is 13.0 Å². The maximum absolute atomic E-state index is 12.4. The number of fused-ring (bicyclic) bond motifs is 1. The number of carbonyl (C=O) groups excluding carboxylic acids is 1. The lowest BCUT2D eigenvalue weighted by molar-refractivity contribution is -0.121. The van der Waals surface area contributed by atoms with Gasteiger partial charge in [-0.2, -0.15) is 0 Å². The lowest BCUT2D eigenvalue weighted by Crippen LogP contribution is -2.36. The number of rotatable bonds is 5. The Morgan fingerprint density at radius 1 is 1.42 bits per heavy atom. The SMILES string of the molecule is Cn1ccnc1[C@@H]1OCCC[C@H]1CNC(=O)Cc1c[nH]c2ncccc12. The molecule has 0 aromatic carbocycles. The normalized spacial score (nSPS) is 20.3. The number of ether oxygens (including phenoxy) is 1. The van der Waals surface area contributed by atoms with Crippen LogP contribution in [0.4, 0.5) is 0 Å². The number of hydrogen-bond acceptors (Lipinski definition) is 4. The van der Waals surface area contributed by atoms with E-state index in [4.69, 9.17) is 4.74 Å². The Morgan fingerprint density at radius 3 is 3.19 bits per heavy atom. The number of aromatic amines is 1. The van der Waals surface area contributed by atoms with Gasteiger partial charge in [0.2, 0.25) is 5.91 Å². The Balaban J connectivity index is 1.39. The molecule has 0 unspecified atom stereocenters. The van der Waals surface area contributed by atoms with Gasteiger partial charge in [-0.3, -0.25) is 4.79 Å². The van der Waals surface area contributed by atoms with Crippen molar-refractivity contribution in [3.05, 3.63) is 48.3 Å². The molecule has 1 fully saturated rings. The van der Waals surface area contributed by atoms with Gasteiger partial charge >= 0.3 is 0 Å². The van der Waals surface area contributed by atoms with Crippen molar-refractivity contribution in [2.24, 2.45) is 13.0 Å². The number of H-pyrrole nitrogens is 1. The minimum absolute atomic E-state index is 0.0129. The van der Waals surface area contributed by atoms with Gasteiger partial charge in [-0.1, -0.05) is 0 Å². The molecular weight excluding hydrogens is 330 g/mol. The zero-order chi connectivity index (χ0) is 17.9. The molecule has 136 valence electrons. The van der Waals surface area contributed by atoms with Crippen LogP contribution >= 0.6 is 0 Å². The van der Waals surface area contributed by atoms with E-state index in [-0.39, 0.29) is 17.9 Å². The highest BCUT2D eigenvalue weighted by Crippen LogP contribution is 2.32. The number of imidazole rings is 1. The van der Waals surface area contributed by atoms with Gasteiger partial charge in [-0.15, -0.1) is 0 Å². The minimum Gasteiger partial charge on any atom is -0.370 e. The van der Waals surface area contributed by atoms with E-state index < -0.39 is 0 Å². The van der Waals surface area contributed by atoms with Crippen LogP contribution in [0.2, 0.25) is 0 Å². The molecule has 0 spiro atoms. The van der Waals surface area contributed by atoms with E-state index in [2.05, 4.69) is 20.3 Å². The molecule has 3 aromatic heterocycles. The van der Waals surface area contributed by atoms with Gasteiger partial charge in [0.25, 0.3) is 0 Å². The largest absolute Gasteiger partial charge is 0.370 e. The Labute approximate surface area is 151 Å². The summed E-state index contributed by atoms with van der Waals surface area (Å²) in [6.07, 6.45) is 9.61. The Kier molecular flexibility index (Phi) is 4.71. The van der Waals surface area contributed by atoms with E-state index in [9.17, 15) is 4.79 Å². The third kappa shape index (κ3) is 3.35. The summed E-state index contributed by atoms with van der Waals surface area (Å²) >= 11 is 0. The number of aryl methyl sites for hydroxylation is 1. The summed E-state index contributed by atoms with van der Waals surface area (Å²) in [6, 6.07) is 3.86. The van der Waals surface area contributed by atoms with Crippen molar-refractivity contribution >= 4 is 16.9 Å². The molecule has 26 heavy (non-hydrogen) atoms. The summed E-state index contributed by atoms with van der Waals surface area (Å²) in [5, 5.41) is 4.07. The molecule has 7 nitrogen and oxygen atoms in total. The lowest BCUT2D eigenvalue weighted by Gasteiger charge is -2.31. The monoisotopic (exact) mass is 353 g/mol. The van der Waals surface area contributed by atoms with Crippen LogP contribution in [-0.2, 0) is 23.0 Å². The predicted molar refractivity (Wildman–Crippen MR) is 97.4 cm³/mol. The third-order valence-electron chi connectivity index (χ3n) is 5.01. The molecule has 0 radical (unpaired) electrons. The van der Waals surface area contributed by atoms with Gasteiger partial charge in [0.15, 0.2) is 0 Å². The van der Waals surface area contributed by atoms with Crippen LogP contribution < -0.4 is 5.32 Å². The fraction of sp³-hybridized carbons (Fsp3) is 0.421. The zero-order valence-electron chi connectivity index (χ0n) is 14.8. The highest BCUT2D eigenvalue weighted by Gasteiger charge is 2.30. The van der Waals surface area contributed by atoms with E-state index in [0.717, 1.165) is 41.9 Å². The molecule has 0 saturated carbocycles. The van der Waals surface area contributed by atoms with Crippen molar-refractivity contribution < 1.29 is 9.53 Å². The molecule has 3 aromatic rings. The number of carbonyl (C=O) groups is 1. The molecule has 1 saturated heterocycles. The van der Waals surface area contributed by atoms with Crippen LogP contribution in [0.5, 0.6) is 0 Å². The maximum Gasteiger partial charge on any atom is 0.224 e. The number of aromatic nitrogens is 4. The average Bonchev–Trinajstić information content (AvgIpc) is 3.27. The summed E-state index contributed by atoms with van der Waals surface area (Å²) < 4.78 is 7.95. The first-order valence-electron chi connectivity index (χ1n) is 8.99. The van der Waals surface area contributed by atoms with Crippen LogP contribution in [0, 0.1) is 5.92 Å². The summed E-state index contributed by atoms with van der Waals surface area (Å²) in [4.78, 5) is 24.2. The fourth-order valence-corrected chi connectivity index (χ4v) is 3.63. The Morgan fingerprint density at radius 2 is 2.35 bits per heavy atom. The second kappa shape index (κ2) is 7.29. The van der Waals surface area contributed by atoms with Crippen molar-refractivity contribution in [1.82, 2.24) is 24.8 Å². The van der Waals surface area contributed by atoms with E-state index in [1.807, 2.05) is 36.1 Å². The molecular formula is C19H23N5O2. The quantitative estimate of drug-likeness (QED) is 0.736. The fourth-order valence-electron chi connectivity index (χ4n) is 3.63. The zero-order valence-corrected chi connectivity index (χ0v) is 14.8. The van der Waals surface area contributed by atoms with Crippen molar-refractivity contribution in [3.63, 3.8) is 0 Å². The van der Waals surface area contributed by atoms with E-state index >= 15 is 0 Å². The van der Waals surface area contributed by atoms with Crippen molar-refractivity contribution in [2.45, 2.75) is 25.4 Å². The van der Waals surface area contributed by atoms with Gasteiger partial charge in [0, 0.05) is 56.3 Å². The summed E-state index contributed by atoms with van der Waals surface area (Å²) in [6.45, 7) is 1.33. The Hall–Kier alpha value is -2.67. The minimum atomic E-state index is -0.0682. The predicted octanol–water partition coefficient (Wildman–Crippen LogP) is 2.12. The molecule has 4 rings (SSSR count). The van der Waals surface area contributed by atoms with Crippen molar-refractivity contribution in [2.75, 3.05) is 13.2 Å². The van der Waals surface area contributed by atoms with Gasteiger partial charge in [-0.25, -0.2) is 9.97 Å². The second-order valence-electron chi connectivity index (χ2n) is 6.78. The smallest absolute Gasteiger partial charge is 0.224 e. The van der Waals surface area contributed by atoms with Crippen LogP contribution in [0.1, 0.15) is 30.3 Å². The first kappa shape index (κ1) is 16.8. The lowest BCUT2D eigenvalue weighted by atomic mass is 9.93. The van der Waals surface area contributed by atoms with Crippen LogP contribution in [0.15, 0.2) is 36.9 Å². The summed E-state index contributed by atoms with van der Waals surface area (Å²) in [5.74, 6) is 1.17. The van der Waals surface area contributed by atoms with Crippen molar-refractivity contribution in [1.29, 1.82) is 0 Å². The van der Waals surface area contributed by atoms with Gasteiger partial charge in [0.1, 0.15) is 17.6 Å². The van der Waals surface area contributed by atoms with Gasteiger partial charge in [-0.05, 0) is 30.5 Å². The van der Waals surface area contributed by atoms with Crippen molar-refractivity contribution in [3.8, 4) is 0 Å². The number of amides is 1. The maximum atomic E-state index is 12.4. The second-order valence-corrected chi connectivity index (χ2v) is 6.78. The highest BCUT2D eigenvalue weighted by atomic mass is 16.5.